The minimum absolute atomic E-state index is 0.00371. The second kappa shape index (κ2) is 13.0. The molecule has 0 bridgehead atoms. The standard InChI is InChI=1S/C22H40N2O7/c1-6-28-19(26)22(20(27)29-7-2,30-16-15-24-13-9-8-10-14-24)17(23)11-12-18(25)31-21(3,4)5/h17H,6-16,23H2,1-5H3. The van der Waals surface area contributed by atoms with Gasteiger partial charge in [0.1, 0.15) is 5.60 Å². The molecule has 0 radical (unpaired) electrons. The molecule has 0 spiro atoms. The maximum absolute atomic E-state index is 12.9. The van der Waals surface area contributed by atoms with Crippen LogP contribution in [-0.2, 0) is 33.3 Å². The maximum Gasteiger partial charge on any atom is 0.352 e. The molecule has 0 saturated carbocycles. The Kier molecular flexibility index (Phi) is 11.4. The molecule has 31 heavy (non-hydrogen) atoms. The van der Waals surface area contributed by atoms with Crippen LogP contribution in [0.15, 0.2) is 0 Å². The van der Waals surface area contributed by atoms with E-state index in [1.165, 1.54) is 6.42 Å². The zero-order chi connectivity index (χ0) is 23.5. The van der Waals surface area contributed by atoms with Crippen LogP contribution in [-0.4, -0.2) is 79.5 Å². The van der Waals surface area contributed by atoms with E-state index in [0.29, 0.717) is 6.54 Å². The molecule has 1 fully saturated rings. The number of nitrogens with two attached hydrogens (primary N) is 1. The van der Waals surface area contributed by atoms with Gasteiger partial charge in [-0.3, -0.25) is 4.79 Å². The number of ether oxygens (including phenoxy) is 4. The molecule has 1 heterocycles. The number of esters is 3. The van der Waals surface area contributed by atoms with Crippen LogP contribution < -0.4 is 5.73 Å². The third-order valence-electron chi connectivity index (χ3n) is 4.94. The van der Waals surface area contributed by atoms with Gasteiger partial charge in [0.15, 0.2) is 0 Å². The Morgan fingerprint density at radius 3 is 2.00 bits per heavy atom. The van der Waals surface area contributed by atoms with Gasteiger partial charge in [-0.1, -0.05) is 6.42 Å². The summed E-state index contributed by atoms with van der Waals surface area (Å²) in [5.41, 5.74) is 3.52. The highest BCUT2D eigenvalue weighted by atomic mass is 16.6. The van der Waals surface area contributed by atoms with E-state index >= 15 is 0 Å². The van der Waals surface area contributed by atoms with Gasteiger partial charge in [0.25, 0.3) is 5.60 Å². The zero-order valence-corrected chi connectivity index (χ0v) is 19.7. The van der Waals surface area contributed by atoms with Gasteiger partial charge in [-0.05, 0) is 67.0 Å². The van der Waals surface area contributed by atoms with Crippen molar-refractivity contribution in [3.05, 3.63) is 0 Å². The molecule has 1 unspecified atom stereocenters. The molecule has 0 aromatic heterocycles. The number of rotatable bonds is 12. The van der Waals surface area contributed by atoms with Gasteiger partial charge in [-0.25, -0.2) is 9.59 Å². The molecule has 0 amide bonds. The van der Waals surface area contributed by atoms with Crippen molar-refractivity contribution >= 4 is 17.9 Å². The molecule has 2 N–H and O–H groups in total. The molecule has 9 heteroatoms. The Labute approximate surface area is 185 Å². The molecule has 1 atom stereocenters. The Hall–Kier alpha value is -1.71. The summed E-state index contributed by atoms with van der Waals surface area (Å²) >= 11 is 0. The minimum atomic E-state index is -2.14. The number of likely N-dealkylation sites (tertiary alicyclic amines) is 1. The quantitative estimate of drug-likeness (QED) is 0.273. The topological polar surface area (TPSA) is 117 Å². The third kappa shape index (κ3) is 8.74. The summed E-state index contributed by atoms with van der Waals surface area (Å²) in [6, 6.07) is -1.14. The first-order chi connectivity index (χ1) is 14.6. The van der Waals surface area contributed by atoms with Crippen LogP contribution in [0.25, 0.3) is 0 Å². The van der Waals surface area contributed by atoms with E-state index in [2.05, 4.69) is 4.90 Å². The van der Waals surface area contributed by atoms with Crippen molar-refractivity contribution in [3.8, 4) is 0 Å². The summed E-state index contributed by atoms with van der Waals surface area (Å²) in [7, 11) is 0. The SMILES string of the molecule is CCOC(=O)C(OCCN1CCCCC1)(C(=O)OCC)C(N)CCC(=O)OC(C)(C)C. The Balaban J connectivity index is 2.98. The lowest BCUT2D eigenvalue weighted by molar-refractivity contribution is -0.195. The van der Waals surface area contributed by atoms with Crippen molar-refractivity contribution in [1.29, 1.82) is 0 Å². The van der Waals surface area contributed by atoms with Crippen molar-refractivity contribution in [3.63, 3.8) is 0 Å². The van der Waals surface area contributed by atoms with Crippen molar-refractivity contribution < 1.29 is 33.3 Å². The van der Waals surface area contributed by atoms with E-state index in [1.54, 1.807) is 34.6 Å². The van der Waals surface area contributed by atoms with Gasteiger partial charge in [0.2, 0.25) is 0 Å². The van der Waals surface area contributed by atoms with Gasteiger partial charge in [-0.2, -0.15) is 0 Å². The highest BCUT2D eigenvalue weighted by Gasteiger charge is 2.55. The van der Waals surface area contributed by atoms with E-state index in [0.717, 1.165) is 25.9 Å². The van der Waals surface area contributed by atoms with E-state index in [9.17, 15) is 14.4 Å². The van der Waals surface area contributed by atoms with Crippen LogP contribution in [0.4, 0.5) is 0 Å². The fourth-order valence-electron chi connectivity index (χ4n) is 3.48. The summed E-state index contributed by atoms with van der Waals surface area (Å²) in [5, 5.41) is 0. The van der Waals surface area contributed by atoms with Gasteiger partial charge in [0, 0.05) is 13.0 Å². The van der Waals surface area contributed by atoms with Crippen molar-refractivity contribution in [2.45, 2.75) is 84.0 Å². The summed E-state index contributed by atoms with van der Waals surface area (Å²) in [5.74, 6) is -2.27. The number of nitrogens with zero attached hydrogens (tertiary/aromatic N) is 1. The molecule has 1 aliphatic heterocycles. The number of piperidine rings is 1. The molecule has 0 aromatic carbocycles. The zero-order valence-electron chi connectivity index (χ0n) is 19.7. The van der Waals surface area contributed by atoms with Crippen molar-refractivity contribution in [1.82, 2.24) is 4.90 Å². The van der Waals surface area contributed by atoms with Gasteiger partial charge in [0.05, 0.1) is 25.9 Å². The molecule has 0 aromatic rings. The molecule has 1 saturated heterocycles. The lowest BCUT2D eigenvalue weighted by Gasteiger charge is -2.35. The summed E-state index contributed by atoms with van der Waals surface area (Å²) < 4.78 is 21.5. The maximum atomic E-state index is 12.9. The fourth-order valence-corrected chi connectivity index (χ4v) is 3.48. The Bertz CT molecular complexity index is 565. The number of carbonyl (C=O) groups is 3. The van der Waals surface area contributed by atoms with Crippen LogP contribution in [0.5, 0.6) is 0 Å². The Morgan fingerprint density at radius 1 is 0.968 bits per heavy atom. The smallest absolute Gasteiger partial charge is 0.352 e. The molecule has 0 aliphatic carbocycles. The molecular weight excluding hydrogens is 404 g/mol. The predicted octanol–water partition coefficient (Wildman–Crippen LogP) is 1.80. The number of carbonyl (C=O) groups excluding carboxylic acids is 3. The first-order valence-electron chi connectivity index (χ1n) is 11.2. The molecule has 1 aliphatic rings. The van der Waals surface area contributed by atoms with Crippen molar-refractivity contribution in [2.75, 3.05) is 39.5 Å². The van der Waals surface area contributed by atoms with E-state index < -0.39 is 35.2 Å². The lowest BCUT2D eigenvalue weighted by atomic mass is 9.90. The van der Waals surface area contributed by atoms with Crippen LogP contribution in [0.3, 0.4) is 0 Å². The molecule has 9 nitrogen and oxygen atoms in total. The largest absolute Gasteiger partial charge is 0.463 e. The predicted molar refractivity (Wildman–Crippen MR) is 115 cm³/mol. The number of hydrogen-bond donors (Lipinski definition) is 1. The van der Waals surface area contributed by atoms with Crippen LogP contribution in [0.2, 0.25) is 0 Å². The van der Waals surface area contributed by atoms with Crippen molar-refractivity contribution in [2.24, 2.45) is 5.73 Å². The van der Waals surface area contributed by atoms with Gasteiger partial charge < -0.3 is 29.6 Å². The average Bonchev–Trinajstić information content (AvgIpc) is 2.69. The highest BCUT2D eigenvalue weighted by Crippen LogP contribution is 2.24. The third-order valence-corrected chi connectivity index (χ3v) is 4.94. The second-order valence-corrected chi connectivity index (χ2v) is 8.66. The first kappa shape index (κ1) is 27.3. The Morgan fingerprint density at radius 2 is 1.52 bits per heavy atom. The van der Waals surface area contributed by atoms with E-state index in [1.807, 2.05) is 0 Å². The first-order valence-corrected chi connectivity index (χ1v) is 11.2. The van der Waals surface area contributed by atoms with E-state index in [4.69, 9.17) is 24.7 Å². The molecule has 1 rings (SSSR count). The normalized spacial score (nSPS) is 16.5. The van der Waals surface area contributed by atoms with Gasteiger partial charge >= 0.3 is 17.9 Å². The van der Waals surface area contributed by atoms with Crippen LogP contribution >= 0.6 is 0 Å². The summed E-state index contributed by atoms with van der Waals surface area (Å²) in [6.45, 7) is 11.2. The lowest BCUT2D eigenvalue weighted by Crippen LogP contribution is -2.63. The summed E-state index contributed by atoms with van der Waals surface area (Å²) in [6.07, 6.45) is 3.33. The highest BCUT2D eigenvalue weighted by molar-refractivity contribution is 6.04. The van der Waals surface area contributed by atoms with Crippen LogP contribution in [0, 0.1) is 0 Å². The molecule has 180 valence electrons. The van der Waals surface area contributed by atoms with E-state index in [-0.39, 0.29) is 32.7 Å². The monoisotopic (exact) mass is 444 g/mol. The van der Waals surface area contributed by atoms with Crippen LogP contribution in [0.1, 0.15) is 66.7 Å². The average molecular weight is 445 g/mol. The number of hydrogen-bond acceptors (Lipinski definition) is 9. The summed E-state index contributed by atoms with van der Waals surface area (Å²) in [4.78, 5) is 40.2. The second-order valence-electron chi connectivity index (χ2n) is 8.66. The van der Waals surface area contributed by atoms with Gasteiger partial charge in [-0.15, -0.1) is 0 Å². The fraction of sp³-hybridized carbons (Fsp3) is 0.864. The minimum Gasteiger partial charge on any atom is -0.463 e. The molecular formula is C22H40N2O7.